The minimum atomic E-state index is 1.18. The smallest absolute Gasteiger partial charge is 0.0641 e. The van der Waals surface area contributed by atoms with Crippen LogP contribution < -0.4 is 0 Å². The van der Waals surface area contributed by atoms with Gasteiger partial charge in [-0.05, 0) is 149 Å². The molecule has 632 valence electrons. The predicted octanol–water partition coefficient (Wildman–Crippen LogP) is 34.0. The summed E-state index contributed by atoms with van der Waals surface area (Å²) in [6.45, 7) is 0. The van der Waals surface area contributed by atoms with Crippen LogP contribution in [0.25, 0.3) is 262 Å². The van der Waals surface area contributed by atoms with Crippen molar-refractivity contribution in [1.82, 2.24) is 35.9 Å². The van der Waals surface area contributed by atoms with Gasteiger partial charge in [0.05, 0.1) is 88.3 Å². The molecule has 0 radical (unpaired) electrons. The number of para-hydroxylation sites is 12. The Morgan fingerprint density at radius 2 is 0.360 bits per heavy atom. The van der Waals surface area contributed by atoms with Gasteiger partial charge in [0.15, 0.2) is 0 Å². The standard InChI is InChI=1S/4C32H20N2/c1-2-11-22(12-3-1)34-30-17-9-7-15-25(30)27-18-28-26(19-31(27)34)24-14-6-8-16-29(24)33-20-21-10-4-5-13-23(21)32(28)33;1-2-11-22(12-3-1)34-30-17-9-7-15-25(30)27-18-26-24-14-6-8-16-29(24)33-20-21-10-4-5-13-23(21)32(33)28(26)19-31(27)34;1-2-11-22(12-3-1)34-28-17-9-7-15-26(28)30-29(34)19-18-25-24-14-6-8-16-27(24)33-20-21-10-4-5-13-23(21)32(33)31(25)30;1-2-11-22(12-3-1)34-29-17-9-7-15-25(29)27-19-18-26-24-14-6-8-16-28(24)33-20-21-10-4-5-13-23(21)31(33)30(26)32(27)34/h4*1-20H. The van der Waals surface area contributed by atoms with Crippen LogP contribution in [0.15, 0.2) is 486 Å². The first-order valence-electron chi connectivity index (χ1n) is 46.9. The molecule has 0 saturated carbocycles. The van der Waals surface area contributed by atoms with Crippen molar-refractivity contribution in [3.8, 4) is 22.7 Å². The number of fused-ring (bicyclic) bond motifs is 46. The molecule has 32 aromatic rings. The number of hydrogen-bond donors (Lipinski definition) is 0. The molecule has 136 heavy (non-hydrogen) atoms. The Morgan fingerprint density at radius 3 is 0.779 bits per heavy atom. The maximum atomic E-state index is 2.45. The maximum Gasteiger partial charge on any atom is 0.0641 e. The van der Waals surface area contributed by atoms with Gasteiger partial charge in [-0.15, -0.1) is 0 Å². The summed E-state index contributed by atoms with van der Waals surface area (Å²) in [5.41, 5.74) is 24.7. The summed E-state index contributed by atoms with van der Waals surface area (Å²) in [4.78, 5) is 0. The molecule has 0 aliphatic rings. The molecule has 0 aliphatic carbocycles. The molecule has 0 spiro atoms. The zero-order valence-electron chi connectivity index (χ0n) is 73.8. The lowest BCUT2D eigenvalue weighted by Gasteiger charge is -2.14. The van der Waals surface area contributed by atoms with Crippen molar-refractivity contribution >= 4 is 239 Å². The minimum absolute atomic E-state index is 1.18. The van der Waals surface area contributed by atoms with E-state index in [1.165, 1.54) is 262 Å². The molecular formula is C128H80N8. The Labute approximate surface area is 778 Å². The second-order valence-corrected chi connectivity index (χ2v) is 36.2. The van der Waals surface area contributed by atoms with Gasteiger partial charge in [0.2, 0.25) is 0 Å². The van der Waals surface area contributed by atoms with Crippen LogP contribution in [-0.2, 0) is 0 Å². The number of rotatable bonds is 4. The van der Waals surface area contributed by atoms with E-state index in [1.54, 1.807) is 0 Å². The number of pyridine rings is 4. The number of aromatic nitrogens is 8. The second kappa shape index (κ2) is 29.6. The van der Waals surface area contributed by atoms with Crippen LogP contribution in [0.4, 0.5) is 0 Å². The van der Waals surface area contributed by atoms with E-state index in [2.05, 4.69) is 522 Å². The molecule has 32 rings (SSSR count). The van der Waals surface area contributed by atoms with Crippen LogP contribution in [-0.4, -0.2) is 35.9 Å². The van der Waals surface area contributed by atoms with Crippen molar-refractivity contribution < 1.29 is 0 Å². The molecule has 0 atom stereocenters. The first-order valence-corrected chi connectivity index (χ1v) is 46.9. The van der Waals surface area contributed by atoms with Crippen LogP contribution in [0, 0.1) is 0 Å². The van der Waals surface area contributed by atoms with E-state index in [-0.39, 0.29) is 0 Å². The number of benzene rings is 20. The average Bonchev–Trinajstić information content (AvgIpc) is 1.56. The summed E-state index contributed by atoms with van der Waals surface area (Å²) < 4.78 is 19.2. The predicted molar refractivity (Wildman–Crippen MR) is 577 cm³/mol. The zero-order chi connectivity index (χ0) is 88.9. The van der Waals surface area contributed by atoms with Gasteiger partial charge in [-0.1, -0.05) is 334 Å². The van der Waals surface area contributed by atoms with E-state index < -0.39 is 0 Å². The van der Waals surface area contributed by atoms with Crippen molar-refractivity contribution in [3.63, 3.8) is 0 Å². The highest BCUT2D eigenvalue weighted by Crippen LogP contribution is 2.49. The second-order valence-electron chi connectivity index (χ2n) is 36.2. The quantitative estimate of drug-likeness (QED) is 0.158. The molecule has 0 N–H and O–H groups in total. The molecule has 20 aromatic carbocycles. The lowest BCUT2D eigenvalue weighted by molar-refractivity contribution is 1.18. The normalized spacial score (nSPS) is 12.1. The van der Waals surface area contributed by atoms with Gasteiger partial charge in [0.25, 0.3) is 0 Å². The van der Waals surface area contributed by atoms with E-state index in [9.17, 15) is 0 Å². The fraction of sp³-hybridized carbons (Fsp3) is 0. The van der Waals surface area contributed by atoms with Gasteiger partial charge < -0.3 is 35.9 Å². The largest absolute Gasteiger partial charge is 0.315 e. The van der Waals surface area contributed by atoms with Gasteiger partial charge in [-0.2, -0.15) is 0 Å². The Morgan fingerprint density at radius 1 is 0.110 bits per heavy atom. The van der Waals surface area contributed by atoms with Crippen molar-refractivity contribution in [2.45, 2.75) is 0 Å². The molecule has 12 aromatic heterocycles. The minimum Gasteiger partial charge on any atom is -0.315 e. The SMILES string of the molecule is c1ccc(-n2c3ccccc3c3c4c(ccc32)c2ccccc2n2cc3ccccc3c42)cc1.c1ccc(-n2c3ccccc3c3cc4c(cc32)c2ccccc2n2cc3ccccc3c42)cc1.c1ccc(-n2c3ccccc3c3cc4c5ccccc5n5cc6ccccc6c5c4cc32)cc1.c1ccc(-n2c3ccccc3c3ccc4c5ccccc5n5cc6ccccc6c5c4c32)cc1. The highest BCUT2D eigenvalue weighted by Gasteiger charge is 2.26. The highest BCUT2D eigenvalue weighted by atomic mass is 15.0. The first kappa shape index (κ1) is 75.6. The third-order valence-corrected chi connectivity index (χ3v) is 29.1. The Hall–Kier alpha value is -18.2. The molecule has 0 saturated heterocycles. The van der Waals surface area contributed by atoms with Gasteiger partial charge in [-0.25, -0.2) is 0 Å². The molecule has 0 fully saturated rings. The number of hydrogen-bond acceptors (Lipinski definition) is 0. The van der Waals surface area contributed by atoms with Gasteiger partial charge in [-0.3, -0.25) is 0 Å². The Kier molecular flexibility index (Phi) is 16.5. The van der Waals surface area contributed by atoms with E-state index in [4.69, 9.17) is 0 Å². The molecule has 0 unspecified atom stereocenters. The van der Waals surface area contributed by atoms with Crippen LogP contribution in [0.1, 0.15) is 0 Å². The first-order chi connectivity index (χ1) is 67.6. The Bertz CT molecular complexity index is 10500. The molecular weight excluding hydrogens is 1650 g/mol. The van der Waals surface area contributed by atoms with E-state index >= 15 is 0 Å². The lowest BCUT2D eigenvalue weighted by Crippen LogP contribution is -1.96. The molecule has 0 aliphatic heterocycles. The third kappa shape index (κ3) is 11.0. The summed E-state index contributed by atoms with van der Waals surface area (Å²) in [5, 5.41) is 36.1. The highest BCUT2D eigenvalue weighted by molar-refractivity contribution is 6.35. The molecule has 0 amide bonds. The van der Waals surface area contributed by atoms with Gasteiger partial charge in [0, 0.05) is 177 Å². The Balaban J connectivity index is 0.0000000879. The van der Waals surface area contributed by atoms with Crippen LogP contribution >= 0.6 is 0 Å². The zero-order valence-corrected chi connectivity index (χ0v) is 73.8. The number of nitrogens with zero attached hydrogens (tertiary/aromatic N) is 8. The lowest BCUT2D eigenvalue weighted by atomic mass is 9.99. The van der Waals surface area contributed by atoms with Crippen molar-refractivity contribution in [1.29, 1.82) is 0 Å². The van der Waals surface area contributed by atoms with Crippen molar-refractivity contribution in [3.05, 3.63) is 486 Å². The monoisotopic (exact) mass is 1730 g/mol. The summed E-state index contributed by atoms with van der Waals surface area (Å²) in [6.07, 6.45) is 9.15. The maximum absolute atomic E-state index is 2.45. The summed E-state index contributed by atoms with van der Waals surface area (Å²) >= 11 is 0. The van der Waals surface area contributed by atoms with E-state index in [0.717, 1.165) is 0 Å². The summed E-state index contributed by atoms with van der Waals surface area (Å²) in [7, 11) is 0. The average molecular weight is 1730 g/mol. The van der Waals surface area contributed by atoms with Gasteiger partial charge >= 0.3 is 0 Å². The topological polar surface area (TPSA) is 37.4 Å². The van der Waals surface area contributed by atoms with Crippen molar-refractivity contribution in [2.24, 2.45) is 0 Å². The fourth-order valence-corrected chi connectivity index (χ4v) is 23.4. The van der Waals surface area contributed by atoms with E-state index in [1.807, 2.05) is 0 Å². The molecule has 8 heteroatoms. The van der Waals surface area contributed by atoms with Crippen LogP contribution in [0.5, 0.6) is 0 Å². The van der Waals surface area contributed by atoms with Crippen molar-refractivity contribution in [2.75, 3.05) is 0 Å². The fourth-order valence-electron chi connectivity index (χ4n) is 23.4. The molecule has 8 nitrogen and oxygen atoms in total. The molecule has 0 bridgehead atoms. The summed E-state index contributed by atoms with van der Waals surface area (Å²) in [5.74, 6) is 0. The van der Waals surface area contributed by atoms with Crippen LogP contribution in [0.2, 0.25) is 0 Å². The van der Waals surface area contributed by atoms with E-state index in [0.29, 0.717) is 0 Å². The van der Waals surface area contributed by atoms with Gasteiger partial charge in [0.1, 0.15) is 0 Å². The molecule has 12 heterocycles. The summed E-state index contributed by atoms with van der Waals surface area (Å²) in [6, 6.07) is 167. The third-order valence-electron chi connectivity index (χ3n) is 29.1. The van der Waals surface area contributed by atoms with Crippen LogP contribution in [0.3, 0.4) is 0 Å².